The Hall–Kier alpha value is -1.01. The lowest BCUT2D eigenvalue weighted by Gasteiger charge is -2.32. The van der Waals surface area contributed by atoms with E-state index >= 15 is 0 Å². The molecule has 1 aliphatic rings. The van der Waals surface area contributed by atoms with Crippen LogP contribution < -0.4 is 5.59 Å². The van der Waals surface area contributed by atoms with Crippen LogP contribution in [0.2, 0.25) is 0 Å². The van der Waals surface area contributed by atoms with Crippen LogP contribution in [0.25, 0.3) is 0 Å². The molecule has 2 heterocycles. The minimum atomic E-state index is -1.07. The van der Waals surface area contributed by atoms with Crippen molar-refractivity contribution in [2.24, 2.45) is 0 Å². The lowest BCUT2D eigenvalue weighted by molar-refractivity contribution is 0.00578. The second-order valence-electron chi connectivity index (χ2n) is 4.71. The molecule has 1 aromatic heterocycles. The molecule has 1 fully saturated rings. The first-order chi connectivity index (χ1) is 8.14. The van der Waals surface area contributed by atoms with Gasteiger partial charge < -0.3 is 9.31 Å². The molecule has 0 aliphatic carbocycles. The molecule has 0 saturated carbocycles. The summed E-state index contributed by atoms with van der Waals surface area (Å²) in [6.07, 6.45) is -0.988. The van der Waals surface area contributed by atoms with Gasteiger partial charge in [-0.2, -0.15) is 4.39 Å². The summed E-state index contributed by atoms with van der Waals surface area (Å²) in [7, 11) is -0.903. The molecule has 0 aromatic carbocycles. The summed E-state index contributed by atoms with van der Waals surface area (Å²) in [6.45, 7) is 7.43. The molecule has 0 amide bonds. The number of halogens is 1. The Morgan fingerprint density at radius 1 is 1.19 bits per heavy atom. The second-order valence-corrected chi connectivity index (χ2v) is 4.71. The minimum Gasteiger partial charge on any atom is -0.398 e. The van der Waals surface area contributed by atoms with Crippen LogP contribution in [0.15, 0.2) is 12.3 Å². The van der Waals surface area contributed by atoms with Crippen LogP contribution in [0.5, 0.6) is 0 Å². The quantitative estimate of drug-likeness (QED) is 0.667. The van der Waals surface area contributed by atoms with E-state index < -0.39 is 30.4 Å². The molecule has 4 nitrogen and oxygen atoms in total. The molecule has 16 heavy (non-hydrogen) atoms. The summed E-state index contributed by atoms with van der Waals surface area (Å²) in [4.78, 5) is 6.98. The van der Waals surface area contributed by atoms with E-state index in [0.29, 0.717) is 0 Å². The van der Waals surface area contributed by atoms with E-state index in [-0.39, 0.29) is 11.8 Å². The summed E-state index contributed by atoms with van der Waals surface area (Å²) >= 11 is 0. The van der Waals surface area contributed by atoms with Gasteiger partial charge in [0.05, 0.1) is 25.7 Å². The highest BCUT2D eigenvalue weighted by Crippen LogP contribution is 2.36. The summed E-state index contributed by atoms with van der Waals surface area (Å²) in [5.41, 5.74) is -1.13. The molecule has 1 saturated heterocycles. The van der Waals surface area contributed by atoms with E-state index in [1.807, 2.05) is 27.7 Å². The number of hydrogen-bond acceptors (Lipinski definition) is 4. The average Bonchev–Trinajstić information content (AvgIpc) is 2.42. The number of aromatic nitrogens is 2. The lowest BCUT2D eigenvalue weighted by Crippen LogP contribution is -2.41. The third-order valence-electron chi connectivity index (χ3n) is 3.01. The predicted octanol–water partition coefficient (Wildman–Crippen LogP) is 0.915. The fraction of sp³-hybridized carbons (Fsp3) is 0.600. The maximum atomic E-state index is 13.0. The molecular weight excluding hydrogens is 210 g/mol. The Morgan fingerprint density at radius 2 is 1.75 bits per heavy atom. The monoisotopic (exact) mass is 226 g/mol. The van der Waals surface area contributed by atoms with Crippen molar-refractivity contribution in [1.82, 2.24) is 9.97 Å². The molecule has 0 spiro atoms. The van der Waals surface area contributed by atoms with E-state index in [1.165, 1.54) is 0 Å². The van der Waals surface area contributed by atoms with Gasteiger partial charge in [0.25, 0.3) is 0 Å². The van der Waals surface area contributed by atoms with Crippen molar-refractivity contribution in [1.29, 1.82) is 0 Å². The number of rotatable bonds is 1. The first kappa shape index (κ1) is 9.07. The standard InChI is InChI=1S/C10H14BFN2O2/c1-9(2)10(3,4)16-11(15-9)7-5-14-8(12)6-13-7/h5-6H,1-4H3/i5D,6D. The molecule has 6 heteroatoms. The molecular formula is C10H14BFN2O2. The first-order valence-corrected chi connectivity index (χ1v) is 5.00. The van der Waals surface area contributed by atoms with Crippen molar-refractivity contribution < 1.29 is 16.4 Å². The van der Waals surface area contributed by atoms with E-state index in [1.54, 1.807) is 0 Å². The van der Waals surface area contributed by atoms with Gasteiger partial charge in [-0.3, -0.25) is 4.98 Å². The van der Waals surface area contributed by atoms with Crippen LogP contribution in [0, 0.1) is 5.95 Å². The van der Waals surface area contributed by atoms with E-state index in [4.69, 9.17) is 12.1 Å². The predicted molar refractivity (Wildman–Crippen MR) is 57.7 cm³/mol. The highest BCUT2D eigenvalue weighted by atomic mass is 19.1. The van der Waals surface area contributed by atoms with Crippen LogP contribution in [-0.2, 0) is 9.31 Å². The number of nitrogens with zero attached hydrogens (tertiary/aromatic N) is 2. The molecule has 1 aliphatic heterocycles. The zero-order chi connectivity index (χ0) is 13.7. The molecule has 2 rings (SSSR count). The van der Waals surface area contributed by atoms with Crippen molar-refractivity contribution in [3.8, 4) is 0 Å². The van der Waals surface area contributed by atoms with Gasteiger partial charge >= 0.3 is 7.12 Å². The van der Waals surface area contributed by atoms with Crippen molar-refractivity contribution in [2.75, 3.05) is 0 Å². The summed E-state index contributed by atoms with van der Waals surface area (Å²) < 4.78 is 39.2. The van der Waals surface area contributed by atoms with E-state index in [2.05, 4.69) is 9.97 Å². The zero-order valence-electron chi connectivity index (χ0n) is 11.7. The molecule has 0 atom stereocenters. The summed E-state index contributed by atoms with van der Waals surface area (Å²) in [6, 6.07) is 0. The Kier molecular flexibility index (Phi) is 1.98. The lowest BCUT2D eigenvalue weighted by atomic mass is 9.85. The van der Waals surface area contributed by atoms with Crippen LogP contribution >= 0.6 is 0 Å². The van der Waals surface area contributed by atoms with Gasteiger partial charge in [-0.15, -0.1) is 0 Å². The van der Waals surface area contributed by atoms with Crippen molar-refractivity contribution >= 4 is 12.7 Å². The zero-order valence-corrected chi connectivity index (χ0v) is 9.67. The second kappa shape index (κ2) is 3.50. The normalized spacial score (nSPS) is 24.2. The van der Waals surface area contributed by atoms with Crippen LogP contribution in [-0.4, -0.2) is 28.3 Å². The topological polar surface area (TPSA) is 44.2 Å². The first-order valence-electron chi connectivity index (χ1n) is 6.00. The van der Waals surface area contributed by atoms with E-state index in [9.17, 15) is 4.39 Å². The highest BCUT2D eigenvalue weighted by molar-refractivity contribution is 6.61. The molecule has 0 bridgehead atoms. The fourth-order valence-electron chi connectivity index (χ4n) is 1.32. The molecule has 0 radical (unpaired) electrons. The third kappa shape index (κ3) is 1.83. The highest BCUT2D eigenvalue weighted by Gasteiger charge is 2.52. The van der Waals surface area contributed by atoms with Gasteiger partial charge in [0.15, 0.2) is 0 Å². The molecule has 0 unspecified atom stereocenters. The van der Waals surface area contributed by atoms with Crippen molar-refractivity contribution in [3.63, 3.8) is 0 Å². The van der Waals surface area contributed by atoms with Gasteiger partial charge in [-0.05, 0) is 27.7 Å². The van der Waals surface area contributed by atoms with Gasteiger partial charge in [0.1, 0.15) is 0 Å². The van der Waals surface area contributed by atoms with Crippen LogP contribution in [0.3, 0.4) is 0 Å². The molecule has 86 valence electrons. The number of hydrogen-bond donors (Lipinski definition) is 0. The van der Waals surface area contributed by atoms with Gasteiger partial charge in [0.2, 0.25) is 5.95 Å². The summed E-state index contributed by atoms with van der Waals surface area (Å²) in [5, 5.41) is 0. The van der Waals surface area contributed by atoms with Gasteiger partial charge in [-0.1, -0.05) is 0 Å². The summed E-state index contributed by atoms with van der Waals surface area (Å²) in [5.74, 6) is -1.07. The smallest absolute Gasteiger partial charge is 0.398 e. The Balaban J connectivity index is 2.38. The van der Waals surface area contributed by atoms with Gasteiger partial charge in [-0.25, -0.2) is 4.98 Å². The van der Waals surface area contributed by atoms with Crippen LogP contribution in [0.4, 0.5) is 4.39 Å². The van der Waals surface area contributed by atoms with Crippen molar-refractivity contribution in [3.05, 3.63) is 18.3 Å². The fourth-order valence-corrected chi connectivity index (χ4v) is 1.32. The van der Waals surface area contributed by atoms with Crippen molar-refractivity contribution in [2.45, 2.75) is 38.9 Å². The average molecular weight is 226 g/mol. The largest absolute Gasteiger partial charge is 0.516 e. The molecule has 1 aromatic rings. The Bertz CT molecular complexity index is 483. The Morgan fingerprint density at radius 3 is 2.31 bits per heavy atom. The maximum absolute atomic E-state index is 13.0. The van der Waals surface area contributed by atoms with E-state index in [0.717, 1.165) is 0 Å². The van der Waals surface area contributed by atoms with Gasteiger partial charge in [0, 0.05) is 6.17 Å². The third-order valence-corrected chi connectivity index (χ3v) is 3.01. The SMILES string of the molecule is [2H]c1nc(B2OC(C)(C)C(C)(C)O2)c([2H])nc1F. The van der Waals surface area contributed by atoms with Crippen LogP contribution in [0.1, 0.15) is 30.4 Å². The molecule has 0 N–H and O–H groups in total. The minimum absolute atomic E-state index is 0.0278. The maximum Gasteiger partial charge on any atom is 0.516 e. The Labute approximate surface area is 97.1 Å².